The van der Waals surface area contributed by atoms with Gasteiger partial charge < -0.3 is 24.5 Å². The lowest BCUT2D eigenvalue weighted by atomic mass is 9.96. The fourth-order valence-electron chi connectivity index (χ4n) is 4.60. The molecule has 13 nitrogen and oxygen atoms in total. The van der Waals surface area contributed by atoms with E-state index in [2.05, 4.69) is 26.9 Å². The third-order valence-electron chi connectivity index (χ3n) is 6.33. The predicted molar refractivity (Wildman–Crippen MR) is 151 cm³/mol. The van der Waals surface area contributed by atoms with Gasteiger partial charge in [0.2, 0.25) is 11.6 Å². The average Bonchev–Trinajstić information content (AvgIpc) is 3.40. The van der Waals surface area contributed by atoms with Crippen LogP contribution in [-0.2, 0) is 28.1 Å². The molecule has 0 spiro atoms. The van der Waals surface area contributed by atoms with Crippen LogP contribution in [0.3, 0.4) is 0 Å². The lowest BCUT2D eigenvalue weighted by molar-refractivity contribution is -0.149. The first-order valence-electron chi connectivity index (χ1n) is 13.2. The Morgan fingerprint density at radius 2 is 2.02 bits per heavy atom. The summed E-state index contributed by atoms with van der Waals surface area (Å²) in [5.41, 5.74) is 1.85. The van der Waals surface area contributed by atoms with Crippen LogP contribution < -0.4 is 20.9 Å². The Kier molecular flexibility index (Phi) is 9.58. The SMILES string of the molecule is CC#CC1(F)[C@@H](OC)[C@@H](COP(=O)(N[C@@H](C)C(=O)OC(C)C)Oc2ccccc2)O[C@H]1n1cc(F)c2c(=O)[nH]c(N)nc21. The van der Waals surface area contributed by atoms with E-state index in [1.807, 2.05) is 0 Å². The molecule has 43 heavy (non-hydrogen) atoms. The molecule has 4 N–H and O–H groups in total. The highest BCUT2D eigenvalue weighted by Gasteiger charge is 2.59. The number of hydrogen-bond acceptors (Lipinski definition) is 10. The van der Waals surface area contributed by atoms with Crippen molar-refractivity contribution in [2.24, 2.45) is 0 Å². The molecule has 0 amide bonds. The number of hydrogen-bond donors (Lipinski definition) is 3. The van der Waals surface area contributed by atoms with Gasteiger partial charge in [-0.15, -0.1) is 5.92 Å². The minimum atomic E-state index is -4.37. The summed E-state index contributed by atoms with van der Waals surface area (Å²) >= 11 is 0. The number of fused-ring (bicyclic) bond motifs is 1. The smallest absolute Gasteiger partial charge is 0.459 e. The fourth-order valence-corrected chi connectivity index (χ4v) is 6.10. The van der Waals surface area contributed by atoms with Crippen molar-refractivity contribution >= 4 is 30.7 Å². The molecule has 0 bridgehead atoms. The number of H-pyrrole nitrogens is 1. The maximum Gasteiger partial charge on any atom is 0.459 e. The number of aromatic nitrogens is 3. The fraction of sp³-hybridized carbons (Fsp3) is 0.444. The summed E-state index contributed by atoms with van der Waals surface area (Å²) in [6.07, 6.45) is -4.09. The molecule has 1 fully saturated rings. The molecule has 0 aliphatic carbocycles. The lowest BCUT2D eigenvalue weighted by Crippen LogP contribution is -2.44. The van der Waals surface area contributed by atoms with Gasteiger partial charge in [0.15, 0.2) is 17.7 Å². The zero-order valence-electron chi connectivity index (χ0n) is 24.0. The van der Waals surface area contributed by atoms with Crippen molar-refractivity contribution in [3.8, 4) is 17.6 Å². The number of nitrogens with two attached hydrogens (primary N) is 1. The molecule has 232 valence electrons. The van der Waals surface area contributed by atoms with Crippen molar-refractivity contribution in [2.45, 2.75) is 63.9 Å². The second-order valence-electron chi connectivity index (χ2n) is 9.89. The Labute approximate surface area is 245 Å². The van der Waals surface area contributed by atoms with Crippen LogP contribution in [0.4, 0.5) is 14.7 Å². The molecule has 2 unspecified atom stereocenters. The summed E-state index contributed by atoms with van der Waals surface area (Å²) in [6, 6.07) is 6.88. The first-order valence-corrected chi connectivity index (χ1v) is 14.7. The molecule has 2 aromatic heterocycles. The van der Waals surface area contributed by atoms with Crippen molar-refractivity contribution in [1.82, 2.24) is 19.6 Å². The van der Waals surface area contributed by atoms with Crippen molar-refractivity contribution in [2.75, 3.05) is 19.5 Å². The molecule has 1 saturated heterocycles. The topological polar surface area (TPSA) is 169 Å². The van der Waals surface area contributed by atoms with E-state index in [4.69, 9.17) is 29.0 Å². The number of methoxy groups -OCH3 is 1. The summed E-state index contributed by atoms with van der Waals surface area (Å²) in [6.45, 7) is 5.50. The van der Waals surface area contributed by atoms with Crippen LogP contribution in [0.25, 0.3) is 11.0 Å². The first-order chi connectivity index (χ1) is 20.3. The standard InChI is InChI=1S/C27H32F2N5O8P/c1-6-12-27(29)21(38-5)19(41-25(27)34-13-18(28)20-22(34)31-26(30)32-23(20)35)14-39-43(37,42-17-10-8-7-9-11-17)33-16(4)24(36)40-15(2)3/h7-11,13,15-16,19,21,25H,14H2,1-5H3,(H,33,37)(H3,30,31,32,35)/t16-,19+,21-,25+,27?,43?/m0/s1. The quantitative estimate of drug-likeness (QED) is 0.163. The normalized spacial score (nSPS) is 23.9. The Hall–Kier alpha value is -3.80. The number of carbonyl (C=O) groups excluding carboxylic acids is 1. The van der Waals surface area contributed by atoms with E-state index >= 15 is 4.39 Å². The van der Waals surface area contributed by atoms with Crippen LogP contribution in [-0.4, -0.2) is 64.2 Å². The molecule has 1 aromatic carbocycles. The number of benzene rings is 1. The summed E-state index contributed by atoms with van der Waals surface area (Å²) in [5, 5.41) is 2.07. The van der Waals surface area contributed by atoms with Gasteiger partial charge in [0.25, 0.3) is 5.56 Å². The monoisotopic (exact) mass is 623 g/mol. The maximum absolute atomic E-state index is 16.8. The van der Waals surface area contributed by atoms with Gasteiger partial charge in [-0.05, 0) is 39.8 Å². The van der Waals surface area contributed by atoms with E-state index in [9.17, 15) is 18.5 Å². The number of carbonyl (C=O) groups is 1. The number of halogens is 2. The highest BCUT2D eigenvalue weighted by molar-refractivity contribution is 7.52. The second-order valence-corrected chi connectivity index (χ2v) is 11.6. The molecule has 1 aliphatic rings. The number of anilines is 1. The van der Waals surface area contributed by atoms with E-state index in [0.29, 0.717) is 0 Å². The van der Waals surface area contributed by atoms with Crippen molar-refractivity contribution in [3.63, 3.8) is 0 Å². The number of aromatic amines is 1. The molecule has 4 rings (SSSR count). The highest BCUT2D eigenvalue weighted by atomic mass is 31.2. The van der Waals surface area contributed by atoms with Gasteiger partial charge >= 0.3 is 13.7 Å². The Bertz CT molecular complexity index is 1640. The minimum Gasteiger partial charge on any atom is -0.462 e. The first kappa shape index (κ1) is 32.1. The van der Waals surface area contributed by atoms with Crippen LogP contribution in [0.5, 0.6) is 5.75 Å². The van der Waals surface area contributed by atoms with Crippen LogP contribution in [0.15, 0.2) is 41.3 Å². The minimum absolute atomic E-state index is 0.149. The van der Waals surface area contributed by atoms with E-state index in [1.165, 1.54) is 33.1 Å². The number of nitrogens with zero attached hydrogens (tertiary/aromatic N) is 2. The summed E-state index contributed by atoms with van der Waals surface area (Å²) < 4.78 is 74.4. The van der Waals surface area contributed by atoms with Gasteiger partial charge in [-0.25, -0.2) is 13.3 Å². The summed E-state index contributed by atoms with van der Waals surface area (Å²) in [4.78, 5) is 31.0. The zero-order valence-corrected chi connectivity index (χ0v) is 24.9. The number of rotatable bonds is 11. The van der Waals surface area contributed by atoms with Gasteiger partial charge in [0.1, 0.15) is 29.4 Å². The Morgan fingerprint density at radius 3 is 2.65 bits per heavy atom. The van der Waals surface area contributed by atoms with Crippen molar-refractivity contribution in [3.05, 3.63) is 52.7 Å². The molecule has 1 aliphatic heterocycles. The predicted octanol–water partition coefficient (Wildman–Crippen LogP) is 3.22. The molecular weight excluding hydrogens is 591 g/mol. The molecule has 6 atom stereocenters. The van der Waals surface area contributed by atoms with E-state index < -0.39 is 73.3 Å². The molecule has 3 aromatic rings. The van der Waals surface area contributed by atoms with E-state index in [-0.39, 0.29) is 17.3 Å². The zero-order chi connectivity index (χ0) is 31.5. The molecular formula is C27H32F2N5O8P. The molecule has 3 heterocycles. The van der Waals surface area contributed by atoms with Crippen LogP contribution >= 0.6 is 7.75 Å². The number of nitrogens with one attached hydrogen (secondary N) is 2. The third kappa shape index (κ3) is 6.74. The summed E-state index contributed by atoms with van der Waals surface area (Å²) in [5.74, 6) is 3.00. The molecule has 0 saturated carbocycles. The lowest BCUT2D eigenvalue weighted by Gasteiger charge is -2.27. The van der Waals surface area contributed by atoms with Crippen LogP contribution in [0.2, 0.25) is 0 Å². The van der Waals surface area contributed by atoms with Crippen LogP contribution in [0.1, 0.15) is 33.9 Å². The van der Waals surface area contributed by atoms with Gasteiger partial charge in [0, 0.05) is 13.3 Å². The number of para-hydroxylation sites is 1. The Morgan fingerprint density at radius 1 is 1.33 bits per heavy atom. The largest absolute Gasteiger partial charge is 0.462 e. The summed E-state index contributed by atoms with van der Waals surface area (Å²) in [7, 11) is -3.17. The number of nitrogen functional groups attached to an aromatic ring is 1. The van der Waals surface area contributed by atoms with Crippen molar-refractivity contribution in [1.29, 1.82) is 0 Å². The van der Waals surface area contributed by atoms with Crippen LogP contribution in [0, 0.1) is 17.7 Å². The second kappa shape index (κ2) is 12.8. The number of alkyl halides is 1. The Balaban J connectivity index is 1.67. The average molecular weight is 624 g/mol. The van der Waals surface area contributed by atoms with Gasteiger partial charge in [-0.2, -0.15) is 10.1 Å². The number of ether oxygens (including phenoxy) is 3. The van der Waals surface area contributed by atoms with Crippen molar-refractivity contribution < 1.29 is 41.4 Å². The van der Waals surface area contributed by atoms with E-state index in [0.717, 1.165) is 10.8 Å². The third-order valence-corrected chi connectivity index (χ3v) is 7.97. The van der Waals surface area contributed by atoms with Gasteiger partial charge in [-0.3, -0.25) is 23.7 Å². The number of esters is 1. The maximum atomic E-state index is 16.8. The van der Waals surface area contributed by atoms with Gasteiger partial charge in [0.05, 0.1) is 12.7 Å². The van der Waals surface area contributed by atoms with E-state index in [1.54, 1.807) is 32.0 Å². The molecule has 16 heteroatoms. The van der Waals surface area contributed by atoms with Gasteiger partial charge in [-0.1, -0.05) is 24.1 Å². The molecule has 0 radical (unpaired) electrons. The highest BCUT2D eigenvalue weighted by Crippen LogP contribution is 2.48.